The lowest BCUT2D eigenvalue weighted by molar-refractivity contribution is -0.111. The first-order valence-electron chi connectivity index (χ1n) is 17.9. The van der Waals surface area contributed by atoms with E-state index < -0.39 is 29.4 Å². The Morgan fingerprint density at radius 2 is 2.04 bits per heavy atom. The van der Waals surface area contributed by atoms with E-state index in [-0.39, 0.29) is 77.8 Å². The van der Waals surface area contributed by atoms with E-state index in [0.29, 0.717) is 35.8 Å². The second-order valence-electron chi connectivity index (χ2n) is 14.4. The summed E-state index contributed by atoms with van der Waals surface area (Å²) in [7, 11) is 3.60. The molecule has 53 heavy (non-hydrogen) atoms. The second-order valence-corrected chi connectivity index (χ2v) is 14.4. The number of rotatable bonds is 14. The zero-order chi connectivity index (χ0) is 37.9. The summed E-state index contributed by atoms with van der Waals surface area (Å²) in [6.45, 7) is 5.47. The van der Waals surface area contributed by atoms with Crippen LogP contribution in [0.4, 0.5) is 23.8 Å². The highest BCUT2D eigenvalue weighted by molar-refractivity contribution is 6.02. The molecule has 2 aromatic carbocycles. The third-order valence-electron chi connectivity index (χ3n) is 10.5. The number of hydrogen-bond donors (Lipinski definition) is 2. The van der Waals surface area contributed by atoms with Gasteiger partial charge in [-0.05, 0) is 87.2 Å². The predicted molar refractivity (Wildman–Crippen MR) is 195 cm³/mol. The molecule has 4 heterocycles. The van der Waals surface area contributed by atoms with E-state index in [1.54, 1.807) is 18.9 Å². The average molecular weight is 738 g/mol. The van der Waals surface area contributed by atoms with Gasteiger partial charge in [0.05, 0.1) is 23.0 Å². The number of anilines is 1. The number of fused-ring (bicyclic) bond motifs is 2. The number of hydrogen-bond acceptors (Lipinski definition) is 10. The van der Waals surface area contributed by atoms with Crippen LogP contribution in [-0.4, -0.2) is 96.6 Å². The van der Waals surface area contributed by atoms with Crippen LogP contribution >= 0.6 is 0 Å². The zero-order valence-corrected chi connectivity index (χ0v) is 30.5. The molecule has 3 N–H and O–H groups in total. The summed E-state index contributed by atoms with van der Waals surface area (Å²) in [4.78, 5) is 41.1. The van der Waals surface area contributed by atoms with Crippen LogP contribution in [0.3, 0.4) is 0 Å². The van der Waals surface area contributed by atoms with Crippen LogP contribution in [0.25, 0.3) is 32.9 Å². The summed E-state index contributed by atoms with van der Waals surface area (Å²) in [5, 5.41) is 3.75. The number of alkyl halides is 1. The van der Waals surface area contributed by atoms with E-state index in [4.69, 9.17) is 24.9 Å². The number of pyridine rings is 1. The lowest BCUT2D eigenvalue weighted by atomic mass is 9.90. The molecule has 0 radical (unpaired) electrons. The van der Waals surface area contributed by atoms with Crippen molar-refractivity contribution >= 4 is 40.0 Å². The molecular formula is C38H46F3N7O5. The molecule has 0 aliphatic carbocycles. The van der Waals surface area contributed by atoms with Crippen molar-refractivity contribution in [3.63, 3.8) is 0 Å². The number of aromatic nitrogens is 3. The lowest BCUT2D eigenvalue weighted by Crippen LogP contribution is -2.58. The number of nitrogens with one attached hydrogen (secondary N) is 1. The Morgan fingerprint density at radius 3 is 2.74 bits per heavy atom. The van der Waals surface area contributed by atoms with Gasteiger partial charge in [-0.15, -0.1) is 0 Å². The standard InChI is InChI=1S/C38H46F3N7O5/c1-5-11-38(12-7-13-47(38)3)21-52-36-45-33-28(34(46-36)48-19-24(39)17-37(2,20-48)44-22-49)18-43-32(31(33)41)27-16-25(53-35(42)50)15-23-9-10-29(40)26(30(23)27)8-6-14-51-4/h9-10,15-16,18,22,24H,5-8,11-14,17,19-21H2,1-4H3,(H2,42,50)(H,44,49). The SMILES string of the molecule is CCCC1(COc2nc(N3CC(F)CC(C)(NC=O)C3)c3cnc(-c4cc(OC(N)=O)cc5ccc(F)c(CCCOC)c45)c(F)c3n2)CCCN1C. The van der Waals surface area contributed by atoms with Crippen molar-refractivity contribution in [2.75, 3.05) is 51.9 Å². The number of benzene rings is 2. The molecule has 12 nitrogen and oxygen atoms in total. The fraction of sp³-hybridized carbons (Fsp3) is 0.500. The number of nitrogens with two attached hydrogens (primary N) is 1. The van der Waals surface area contributed by atoms with Crippen molar-refractivity contribution in [1.82, 2.24) is 25.2 Å². The molecule has 284 valence electrons. The van der Waals surface area contributed by atoms with Gasteiger partial charge in [-0.3, -0.25) is 14.7 Å². The van der Waals surface area contributed by atoms with E-state index in [1.165, 1.54) is 30.5 Å². The van der Waals surface area contributed by atoms with Gasteiger partial charge in [-0.25, -0.2) is 18.0 Å². The van der Waals surface area contributed by atoms with Crippen molar-refractivity contribution in [2.24, 2.45) is 5.73 Å². The quantitative estimate of drug-likeness (QED) is 0.119. The molecule has 2 aliphatic rings. The maximum absolute atomic E-state index is 17.3. The van der Waals surface area contributed by atoms with Gasteiger partial charge in [-0.1, -0.05) is 19.4 Å². The molecule has 0 saturated carbocycles. The number of ether oxygens (including phenoxy) is 3. The molecule has 2 aliphatic heterocycles. The number of carbonyl (C=O) groups excluding carboxylic acids is 2. The summed E-state index contributed by atoms with van der Waals surface area (Å²) >= 11 is 0. The number of likely N-dealkylation sites (tertiary alicyclic amines) is 1. The number of methoxy groups -OCH3 is 1. The fourth-order valence-electron chi connectivity index (χ4n) is 8.06. The van der Waals surface area contributed by atoms with Crippen LogP contribution in [0.2, 0.25) is 0 Å². The van der Waals surface area contributed by atoms with Crippen LogP contribution < -0.4 is 25.4 Å². The summed E-state index contributed by atoms with van der Waals surface area (Å²) < 4.78 is 64.9. The van der Waals surface area contributed by atoms with Crippen molar-refractivity contribution in [1.29, 1.82) is 0 Å². The Morgan fingerprint density at radius 1 is 1.23 bits per heavy atom. The molecule has 2 amide bonds. The highest BCUT2D eigenvalue weighted by atomic mass is 19.1. The molecule has 2 aromatic heterocycles. The Labute approximate surface area is 306 Å². The first-order valence-corrected chi connectivity index (χ1v) is 17.9. The average Bonchev–Trinajstić information content (AvgIpc) is 3.46. The van der Waals surface area contributed by atoms with Gasteiger partial charge >= 0.3 is 12.1 Å². The summed E-state index contributed by atoms with van der Waals surface area (Å²) in [5.74, 6) is -1.18. The van der Waals surface area contributed by atoms with Crippen molar-refractivity contribution in [3.05, 3.63) is 47.7 Å². The molecule has 3 atom stereocenters. The van der Waals surface area contributed by atoms with Crippen LogP contribution in [0.5, 0.6) is 11.8 Å². The van der Waals surface area contributed by atoms with E-state index in [2.05, 4.69) is 34.2 Å². The van der Waals surface area contributed by atoms with Crippen LogP contribution in [0.15, 0.2) is 30.5 Å². The minimum atomic E-state index is -1.33. The molecule has 2 saturated heterocycles. The highest BCUT2D eigenvalue weighted by Crippen LogP contribution is 2.41. The number of nitrogens with zero attached hydrogens (tertiary/aromatic N) is 5. The minimum absolute atomic E-state index is 0.00863. The summed E-state index contributed by atoms with van der Waals surface area (Å²) in [5.41, 5.74) is 4.24. The van der Waals surface area contributed by atoms with Gasteiger partial charge < -0.3 is 30.2 Å². The Bertz CT molecular complexity index is 2000. The van der Waals surface area contributed by atoms with Crippen LogP contribution in [0, 0.1) is 11.6 Å². The maximum atomic E-state index is 17.3. The maximum Gasteiger partial charge on any atom is 0.409 e. The normalized spacial score (nSPS) is 22.0. The number of carbonyl (C=O) groups is 2. The molecule has 0 bridgehead atoms. The molecule has 4 aromatic rings. The Balaban J connectivity index is 1.55. The van der Waals surface area contributed by atoms with Crippen LogP contribution in [-0.2, 0) is 16.0 Å². The van der Waals surface area contributed by atoms with E-state index in [1.807, 2.05) is 0 Å². The Kier molecular flexibility index (Phi) is 11.2. The van der Waals surface area contributed by atoms with E-state index in [9.17, 15) is 9.59 Å². The number of aryl methyl sites for hydroxylation is 1. The van der Waals surface area contributed by atoms with Gasteiger partial charge in [0, 0.05) is 38.4 Å². The molecule has 6 rings (SSSR count). The van der Waals surface area contributed by atoms with Gasteiger partial charge in [-0.2, -0.15) is 9.97 Å². The Hall–Kier alpha value is -4.76. The highest BCUT2D eigenvalue weighted by Gasteiger charge is 2.40. The number of halogens is 3. The molecule has 3 unspecified atom stereocenters. The van der Waals surface area contributed by atoms with E-state index in [0.717, 1.165) is 32.2 Å². The van der Waals surface area contributed by atoms with Crippen molar-refractivity contribution in [3.8, 4) is 23.0 Å². The summed E-state index contributed by atoms with van der Waals surface area (Å²) in [6, 6.07) is 5.61. The first kappa shape index (κ1) is 38.0. The largest absolute Gasteiger partial charge is 0.461 e. The van der Waals surface area contributed by atoms with Gasteiger partial charge in [0.1, 0.15) is 41.4 Å². The lowest BCUT2D eigenvalue weighted by Gasteiger charge is -2.42. The zero-order valence-electron chi connectivity index (χ0n) is 30.5. The minimum Gasteiger partial charge on any atom is -0.461 e. The number of amides is 2. The molecular weight excluding hydrogens is 691 g/mol. The summed E-state index contributed by atoms with van der Waals surface area (Å²) in [6.07, 6.45) is 4.04. The molecule has 2 fully saturated rings. The van der Waals surface area contributed by atoms with Gasteiger partial charge in [0.25, 0.3) is 0 Å². The number of likely N-dealkylation sites (N-methyl/N-ethyl adjacent to an activating group) is 1. The van der Waals surface area contributed by atoms with Crippen LogP contribution in [0.1, 0.15) is 57.9 Å². The van der Waals surface area contributed by atoms with E-state index >= 15 is 13.2 Å². The fourth-order valence-corrected chi connectivity index (χ4v) is 8.06. The van der Waals surface area contributed by atoms with Gasteiger partial charge in [0.2, 0.25) is 6.41 Å². The molecule has 0 spiro atoms. The predicted octanol–water partition coefficient (Wildman–Crippen LogP) is 5.86. The van der Waals surface area contributed by atoms with Gasteiger partial charge in [0.15, 0.2) is 5.82 Å². The second kappa shape index (κ2) is 15.7. The van der Waals surface area contributed by atoms with Crippen molar-refractivity contribution in [2.45, 2.75) is 76.0 Å². The number of primary amides is 1. The third-order valence-corrected chi connectivity index (χ3v) is 10.5. The monoisotopic (exact) mass is 737 g/mol. The third kappa shape index (κ3) is 7.81. The smallest absolute Gasteiger partial charge is 0.409 e. The first-order chi connectivity index (χ1) is 25.4. The van der Waals surface area contributed by atoms with Crippen molar-refractivity contribution < 1.29 is 37.0 Å². The molecule has 15 heteroatoms. The topological polar surface area (TPSA) is 145 Å². The number of piperidine rings is 1.